The van der Waals surface area contributed by atoms with Crippen LogP contribution < -0.4 is 10.1 Å². The van der Waals surface area contributed by atoms with Gasteiger partial charge in [0.25, 0.3) is 5.89 Å². The molecule has 1 fully saturated rings. The predicted octanol–water partition coefficient (Wildman–Crippen LogP) is 4.87. The lowest BCUT2D eigenvalue weighted by molar-refractivity contribution is 0.187. The first-order valence-corrected chi connectivity index (χ1v) is 10.2. The zero-order chi connectivity index (χ0) is 19.5. The average Bonchev–Trinajstić information content (AvgIpc) is 3.40. The van der Waals surface area contributed by atoms with Crippen LogP contribution in [-0.2, 0) is 0 Å². The lowest BCUT2D eigenvalue weighted by atomic mass is 9.98. The van der Waals surface area contributed by atoms with Crippen molar-refractivity contribution in [2.24, 2.45) is 0 Å². The Morgan fingerprint density at radius 2 is 2.29 bits per heavy atom. The molecule has 0 bridgehead atoms. The first kappa shape index (κ1) is 18.8. The summed E-state index contributed by atoms with van der Waals surface area (Å²) in [5.74, 6) is 1.67. The first-order chi connectivity index (χ1) is 13.6. The summed E-state index contributed by atoms with van der Waals surface area (Å²) in [7, 11) is 1.55. The van der Waals surface area contributed by atoms with Gasteiger partial charge in [-0.2, -0.15) is 0 Å². The fourth-order valence-corrected chi connectivity index (χ4v) is 4.05. The zero-order valence-electron chi connectivity index (χ0n) is 15.2. The Hall–Kier alpha value is -2.58. The summed E-state index contributed by atoms with van der Waals surface area (Å²) in [4.78, 5) is 15.5. The van der Waals surface area contributed by atoms with E-state index in [1.165, 1.54) is 0 Å². The molecular weight excluding hydrogens is 400 g/mol. The molecule has 1 atom stereocenters. The van der Waals surface area contributed by atoms with E-state index in [2.05, 4.69) is 15.5 Å². The van der Waals surface area contributed by atoms with Crippen LogP contribution in [0.25, 0.3) is 10.8 Å². The molecule has 9 heteroatoms. The van der Waals surface area contributed by atoms with Gasteiger partial charge in [-0.15, -0.1) is 21.5 Å². The molecule has 3 heterocycles. The minimum absolute atomic E-state index is 0.0157. The van der Waals surface area contributed by atoms with Crippen molar-refractivity contribution in [1.82, 2.24) is 15.1 Å². The van der Waals surface area contributed by atoms with Gasteiger partial charge in [0.15, 0.2) is 0 Å². The van der Waals surface area contributed by atoms with Gasteiger partial charge in [0.2, 0.25) is 5.89 Å². The molecule has 1 N–H and O–H groups in total. The molecule has 1 aliphatic rings. The Bertz CT molecular complexity index is 960. The van der Waals surface area contributed by atoms with Crippen LogP contribution in [0.5, 0.6) is 5.75 Å². The number of thiophene rings is 1. The molecule has 0 radical (unpaired) electrons. The molecule has 0 spiro atoms. The molecule has 146 valence electrons. The van der Waals surface area contributed by atoms with E-state index in [0.717, 1.165) is 17.7 Å². The number of halogens is 1. The molecule has 2 aromatic heterocycles. The summed E-state index contributed by atoms with van der Waals surface area (Å²) in [5, 5.41) is 13.7. The number of carbonyl (C=O) groups excluding carboxylic acids is 1. The van der Waals surface area contributed by atoms with Gasteiger partial charge in [-0.1, -0.05) is 17.7 Å². The van der Waals surface area contributed by atoms with Gasteiger partial charge in [0.05, 0.1) is 23.6 Å². The standard InChI is InChI=1S/C19H19ClN4O3S/c1-26-15-7-6-13(20)10-14(15)21-19(25)24-8-2-4-12(11-24)17-22-23-18(27-17)16-5-3-9-28-16/h3,5-7,9-10,12H,2,4,8,11H2,1H3,(H,21,25)/t12-/m0/s1. The second-order valence-corrected chi connectivity index (χ2v) is 7.87. The number of nitrogens with one attached hydrogen (secondary N) is 1. The molecule has 3 aromatic rings. The normalized spacial score (nSPS) is 16.8. The first-order valence-electron chi connectivity index (χ1n) is 8.91. The van der Waals surface area contributed by atoms with Gasteiger partial charge in [0.1, 0.15) is 5.75 Å². The maximum atomic E-state index is 12.8. The summed E-state index contributed by atoms with van der Waals surface area (Å²) in [6.07, 6.45) is 1.76. The molecule has 0 aliphatic carbocycles. The van der Waals surface area contributed by atoms with Crippen molar-refractivity contribution >= 4 is 34.7 Å². The van der Waals surface area contributed by atoms with E-state index in [1.54, 1.807) is 41.5 Å². The van der Waals surface area contributed by atoms with Crippen LogP contribution in [0, 0.1) is 0 Å². The highest BCUT2D eigenvalue weighted by atomic mass is 35.5. The van der Waals surface area contributed by atoms with E-state index >= 15 is 0 Å². The number of amides is 2. The van der Waals surface area contributed by atoms with Crippen LogP contribution in [0.15, 0.2) is 40.1 Å². The monoisotopic (exact) mass is 418 g/mol. The number of ether oxygens (including phenoxy) is 1. The number of carbonyl (C=O) groups is 1. The number of likely N-dealkylation sites (tertiary alicyclic amines) is 1. The van der Waals surface area contributed by atoms with Crippen molar-refractivity contribution in [3.05, 3.63) is 46.6 Å². The minimum atomic E-state index is -0.205. The summed E-state index contributed by atoms with van der Waals surface area (Å²) in [5.41, 5.74) is 0.542. The van der Waals surface area contributed by atoms with Gasteiger partial charge in [-0.05, 0) is 42.5 Å². The lowest BCUT2D eigenvalue weighted by Crippen LogP contribution is -2.41. The molecule has 28 heavy (non-hydrogen) atoms. The SMILES string of the molecule is COc1ccc(Cl)cc1NC(=O)N1CCC[C@H](c2nnc(-c3cccs3)o2)C1. The fraction of sp³-hybridized carbons (Fsp3) is 0.316. The second kappa shape index (κ2) is 8.20. The van der Waals surface area contributed by atoms with Crippen molar-refractivity contribution in [2.45, 2.75) is 18.8 Å². The molecule has 0 saturated carbocycles. The largest absolute Gasteiger partial charge is 0.495 e. The summed E-state index contributed by atoms with van der Waals surface area (Å²) >= 11 is 7.60. The van der Waals surface area contributed by atoms with Crippen molar-refractivity contribution in [2.75, 3.05) is 25.5 Å². The van der Waals surface area contributed by atoms with Crippen LogP contribution in [0.2, 0.25) is 5.02 Å². The van der Waals surface area contributed by atoms with Gasteiger partial charge in [0, 0.05) is 18.1 Å². The van der Waals surface area contributed by atoms with E-state index in [-0.39, 0.29) is 11.9 Å². The van der Waals surface area contributed by atoms with E-state index < -0.39 is 0 Å². The van der Waals surface area contributed by atoms with Crippen molar-refractivity contribution < 1.29 is 13.9 Å². The van der Waals surface area contributed by atoms with Crippen LogP contribution in [0.4, 0.5) is 10.5 Å². The molecule has 1 aliphatic heterocycles. The van der Waals surface area contributed by atoms with E-state index in [1.807, 2.05) is 17.5 Å². The smallest absolute Gasteiger partial charge is 0.321 e. The molecule has 4 rings (SSSR count). The molecule has 2 amide bonds. The number of hydrogen-bond acceptors (Lipinski definition) is 6. The number of hydrogen-bond donors (Lipinski definition) is 1. The molecule has 1 saturated heterocycles. The highest BCUT2D eigenvalue weighted by Gasteiger charge is 2.29. The zero-order valence-corrected chi connectivity index (χ0v) is 16.8. The van der Waals surface area contributed by atoms with Crippen LogP contribution >= 0.6 is 22.9 Å². The van der Waals surface area contributed by atoms with Crippen LogP contribution in [0.3, 0.4) is 0 Å². The van der Waals surface area contributed by atoms with Gasteiger partial charge in [-0.25, -0.2) is 4.79 Å². The third kappa shape index (κ3) is 3.98. The summed E-state index contributed by atoms with van der Waals surface area (Å²) in [6.45, 7) is 1.18. The van der Waals surface area contributed by atoms with Crippen LogP contribution in [-0.4, -0.2) is 41.3 Å². The van der Waals surface area contributed by atoms with Crippen LogP contribution in [0.1, 0.15) is 24.7 Å². The maximum absolute atomic E-state index is 12.8. The van der Waals surface area contributed by atoms with E-state index in [9.17, 15) is 4.79 Å². The van der Waals surface area contributed by atoms with Crippen molar-refractivity contribution in [1.29, 1.82) is 0 Å². The minimum Gasteiger partial charge on any atom is -0.495 e. The highest BCUT2D eigenvalue weighted by molar-refractivity contribution is 7.13. The third-order valence-corrected chi connectivity index (χ3v) is 5.73. The number of urea groups is 1. The average molecular weight is 419 g/mol. The number of aromatic nitrogens is 2. The van der Waals surface area contributed by atoms with Crippen molar-refractivity contribution in [3.63, 3.8) is 0 Å². The number of rotatable bonds is 4. The predicted molar refractivity (Wildman–Crippen MR) is 108 cm³/mol. The Morgan fingerprint density at radius 3 is 3.07 bits per heavy atom. The summed E-state index contributed by atoms with van der Waals surface area (Å²) in [6, 6.07) is 8.80. The second-order valence-electron chi connectivity index (χ2n) is 6.48. The number of anilines is 1. The topological polar surface area (TPSA) is 80.5 Å². The van der Waals surface area contributed by atoms with E-state index in [4.69, 9.17) is 20.8 Å². The molecule has 0 unspecified atom stereocenters. The van der Waals surface area contributed by atoms with Gasteiger partial charge >= 0.3 is 6.03 Å². The molecular formula is C19H19ClN4O3S. The molecule has 1 aromatic carbocycles. The van der Waals surface area contributed by atoms with Crippen molar-refractivity contribution in [3.8, 4) is 16.5 Å². The lowest BCUT2D eigenvalue weighted by Gasteiger charge is -2.31. The number of benzene rings is 1. The Labute approximate surface area is 171 Å². The quantitative estimate of drug-likeness (QED) is 0.653. The number of nitrogens with zero attached hydrogens (tertiary/aromatic N) is 3. The summed E-state index contributed by atoms with van der Waals surface area (Å²) < 4.78 is 11.2. The Morgan fingerprint density at radius 1 is 1.39 bits per heavy atom. The van der Waals surface area contributed by atoms with Gasteiger partial charge in [-0.3, -0.25) is 0 Å². The number of methoxy groups -OCH3 is 1. The van der Waals surface area contributed by atoms with Gasteiger partial charge < -0.3 is 19.4 Å². The third-order valence-electron chi connectivity index (χ3n) is 4.63. The Kier molecular flexibility index (Phi) is 5.50. The number of piperidine rings is 1. The Balaban J connectivity index is 1.45. The highest BCUT2D eigenvalue weighted by Crippen LogP contribution is 2.31. The van der Waals surface area contributed by atoms with E-state index in [0.29, 0.717) is 41.3 Å². The fourth-order valence-electron chi connectivity index (χ4n) is 3.23. The maximum Gasteiger partial charge on any atom is 0.321 e. The molecule has 7 nitrogen and oxygen atoms in total.